The number of carbonyl (C=O) groups excluding carboxylic acids is 2. The van der Waals surface area contributed by atoms with Gasteiger partial charge in [0.15, 0.2) is 0 Å². The molecule has 0 aliphatic carbocycles. The van der Waals surface area contributed by atoms with Crippen molar-refractivity contribution in [2.24, 2.45) is 5.92 Å². The summed E-state index contributed by atoms with van der Waals surface area (Å²) in [6.45, 7) is 8.10. The van der Waals surface area contributed by atoms with Crippen molar-refractivity contribution in [1.29, 1.82) is 0 Å². The van der Waals surface area contributed by atoms with Crippen molar-refractivity contribution in [3.8, 4) is 0 Å². The minimum atomic E-state index is -1.14. The lowest BCUT2D eigenvalue weighted by Crippen LogP contribution is -2.47. The number of allylic oxidation sites excluding steroid dienone is 1. The highest BCUT2D eigenvalue weighted by atomic mass is 32.2. The number of aromatic nitrogens is 1. The fourth-order valence-corrected chi connectivity index (χ4v) is 3.09. The van der Waals surface area contributed by atoms with Crippen LogP contribution in [0.1, 0.15) is 43.9 Å². The van der Waals surface area contributed by atoms with E-state index in [-0.39, 0.29) is 22.6 Å². The highest BCUT2D eigenvalue weighted by Crippen LogP contribution is 2.17. The fraction of sp³-hybridized carbons (Fsp3) is 0.500. The van der Waals surface area contributed by atoms with E-state index in [9.17, 15) is 19.5 Å². The lowest BCUT2D eigenvalue weighted by molar-refractivity contribution is -0.142. The number of thiol groups is 1. The van der Waals surface area contributed by atoms with Gasteiger partial charge in [0.05, 0.1) is 5.69 Å². The summed E-state index contributed by atoms with van der Waals surface area (Å²) >= 11 is 5.80. The molecular weight excluding hydrogens is 424 g/mol. The van der Waals surface area contributed by atoms with Crippen LogP contribution in [0.15, 0.2) is 28.8 Å². The predicted molar refractivity (Wildman–Crippen MR) is 122 cm³/mol. The standard InChI is InChI=1S/C20H30N4O4S2/c1-6-15(18(25)24-17(11(2)3)20(27)28)23-19(26)16-8-14(30-5)7-13(22-16)10-21-9-12(4)29/h6-8,11-12,17,21,29H,9-10H2,1-5H3,(H,23,26)(H,24,25)(H,27,28)/b15-6-/t12?,17-/m0/s1. The van der Waals surface area contributed by atoms with E-state index in [0.29, 0.717) is 18.8 Å². The Morgan fingerprint density at radius 2 is 1.93 bits per heavy atom. The van der Waals surface area contributed by atoms with Crippen molar-refractivity contribution in [3.05, 3.63) is 35.3 Å². The number of nitrogens with zero attached hydrogens (tertiary/aromatic N) is 1. The Hall–Kier alpha value is -2.04. The molecule has 1 heterocycles. The Bertz CT molecular complexity index is 797. The summed E-state index contributed by atoms with van der Waals surface area (Å²) in [5.41, 5.74) is 0.827. The number of thioether (sulfide) groups is 1. The molecule has 8 nitrogen and oxygen atoms in total. The van der Waals surface area contributed by atoms with Crippen molar-refractivity contribution in [1.82, 2.24) is 20.9 Å². The number of carbonyl (C=O) groups is 3. The Morgan fingerprint density at radius 1 is 1.27 bits per heavy atom. The van der Waals surface area contributed by atoms with Crippen molar-refractivity contribution in [3.63, 3.8) is 0 Å². The Morgan fingerprint density at radius 3 is 2.43 bits per heavy atom. The lowest BCUT2D eigenvalue weighted by atomic mass is 10.0. The number of carboxylic acids is 1. The first kappa shape index (κ1) is 26.0. The lowest BCUT2D eigenvalue weighted by Gasteiger charge is -2.19. The van der Waals surface area contributed by atoms with E-state index in [4.69, 9.17) is 0 Å². The van der Waals surface area contributed by atoms with Crippen LogP contribution in [-0.4, -0.2) is 52.0 Å². The number of nitrogens with one attached hydrogen (secondary N) is 3. The summed E-state index contributed by atoms with van der Waals surface area (Å²) in [5.74, 6) is -2.66. The van der Waals surface area contributed by atoms with Crippen LogP contribution in [0.4, 0.5) is 0 Å². The number of rotatable bonds is 11. The molecule has 1 unspecified atom stereocenters. The fourth-order valence-electron chi connectivity index (χ4n) is 2.47. The zero-order valence-corrected chi connectivity index (χ0v) is 19.6. The van der Waals surface area contributed by atoms with Gasteiger partial charge in [-0.2, -0.15) is 12.6 Å². The third kappa shape index (κ3) is 8.37. The van der Waals surface area contributed by atoms with Crippen LogP contribution in [0, 0.1) is 5.92 Å². The summed E-state index contributed by atoms with van der Waals surface area (Å²) in [5, 5.41) is 17.6. The molecule has 2 atom stereocenters. The first-order chi connectivity index (χ1) is 14.1. The second-order valence-electron chi connectivity index (χ2n) is 7.05. The number of aliphatic carboxylic acids is 1. The van der Waals surface area contributed by atoms with Crippen LogP contribution in [-0.2, 0) is 16.1 Å². The van der Waals surface area contributed by atoms with Gasteiger partial charge in [-0.3, -0.25) is 9.59 Å². The molecule has 0 aliphatic heterocycles. The van der Waals surface area contributed by atoms with Gasteiger partial charge in [0.1, 0.15) is 17.4 Å². The summed E-state index contributed by atoms with van der Waals surface area (Å²) < 4.78 is 0. The van der Waals surface area contributed by atoms with E-state index in [1.54, 1.807) is 26.8 Å². The monoisotopic (exact) mass is 454 g/mol. The molecule has 0 saturated carbocycles. The molecule has 0 aliphatic rings. The van der Waals surface area contributed by atoms with Crippen LogP contribution < -0.4 is 16.0 Å². The zero-order valence-electron chi connectivity index (χ0n) is 17.9. The first-order valence-electron chi connectivity index (χ1n) is 9.54. The summed E-state index contributed by atoms with van der Waals surface area (Å²) in [7, 11) is 0. The average Bonchev–Trinajstić information content (AvgIpc) is 2.68. The second kappa shape index (κ2) is 12.6. The van der Waals surface area contributed by atoms with Gasteiger partial charge in [-0.05, 0) is 31.2 Å². The normalized spacial score (nSPS) is 13.6. The summed E-state index contributed by atoms with van der Waals surface area (Å²) in [6, 6.07) is 2.47. The Kier molecular flexibility index (Phi) is 10.9. The number of amides is 2. The van der Waals surface area contributed by atoms with Crippen LogP contribution >= 0.6 is 24.4 Å². The minimum absolute atomic E-state index is 0.0353. The third-order valence-corrected chi connectivity index (χ3v) is 4.96. The largest absolute Gasteiger partial charge is 0.480 e. The van der Waals surface area contributed by atoms with Gasteiger partial charge in [0, 0.05) is 23.2 Å². The van der Waals surface area contributed by atoms with Gasteiger partial charge in [-0.1, -0.05) is 26.8 Å². The van der Waals surface area contributed by atoms with E-state index in [1.165, 1.54) is 17.8 Å². The van der Waals surface area contributed by atoms with Gasteiger partial charge >= 0.3 is 5.97 Å². The zero-order chi connectivity index (χ0) is 22.8. The summed E-state index contributed by atoms with van der Waals surface area (Å²) in [4.78, 5) is 41.7. The van der Waals surface area contributed by atoms with E-state index in [0.717, 1.165) is 4.90 Å². The SMILES string of the molecule is C/C=C(\NC(=O)c1cc(SC)cc(CNCC(C)S)n1)C(=O)N[C@H](C(=O)O)C(C)C. The van der Waals surface area contributed by atoms with E-state index in [2.05, 4.69) is 33.6 Å². The quantitative estimate of drug-likeness (QED) is 0.197. The molecule has 166 valence electrons. The average molecular weight is 455 g/mol. The van der Waals surface area contributed by atoms with Crippen molar-refractivity contribution in [2.75, 3.05) is 12.8 Å². The van der Waals surface area contributed by atoms with Crippen LogP contribution in [0.25, 0.3) is 0 Å². The topological polar surface area (TPSA) is 120 Å². The maximum absolute atomic E-state index is 12.7. The Balaban J connectivity index is 2.95. The van der Waals surface area contributed by atoms with Crippen LogP contribution in [0.3, 0.4) is 0 Å². The van der Waals surface area contributed by atoms with Gasteiger partial charge in [0.25, 0.3) is 11.8 Å². The molecule has 10 heteroatoms. The second-order valence-corrected chi connectivity index (χ2v) is 8.81. The first-order valence-corrected chi connectivity index (χ1v) is 11.3. The van der Waals surface area contributed by atoms with Gasteiger partial charge in [-0.25, -0.2) is 9.78 Å². The molecule has 4 N–H and O–H groups in total. The highest BCUT2D eigenvalue weighted by molar-refractivity contribution is 7.98. The van der Waals surface area contributed by atoms with Gasteiger partial charge in [0.2, 0.25) is 0 Å². The number of pyridine rings is 1. The van der Waals surface area contributed by atoms with Gasteiger partial charge < -0.3 is 21.1 Å². The molecule has 0 aromatic carbocycles. The molecule has 1 rings (SSSR count). The van der Waals surface area contributed by atoms with Crippen LogP contribution in [0.2, 0.25) is 0 Å². The molecule has 30 heavy (non-hydrogen) atoms. The van der Waals surface area contributed by atoms with Crippen molar-refractivity contribution < 1.29 is 19.5 Å². The molecule has 1 aromatic rings. The highest BCUT2D eigenvalue weighted by Gasteiger charge is 2.25. The molecule has 1 aromatic heterocycles. The van der Waals surface area contributed by atoms with E-state index >= 15 is 0 Å². The minimum Gasteiger partial charge on any atom is -0.480 e. The van der Waals surface area contributed by atoms with Crippen molar-refractivity contribution in [2.45, 2.75) is 50.4 Å². The van der Waals surface area contributed by atoms with Crippen LogP contribution in [0.5, 0.6) is 0 Å². The molecular formula is C20H30N4O4S2. The molecule has 0 bridgehead atoms. The maximum Gasteiger partial charge on any atom is 0.326 e. The summed E-state index contributed by atoms with van der Waals surface area (Å²) in [6.07, 6.45) is 3.31. The smallest absolute Gasteiger partial charge is 0.326 e. The van der Waals surface area contributed by atoms with Gasteiger partial charge in [-0.15, -0.1) is 11.8 Å². The third-order valence-electron chi connectivity index (χ3n) is 4.07. The number of carboxylic acid groups (broad SMARTS) is 1. The number of hydrogen-bond acceptors (Lipinski definition) is 7. The van der Waals surface area contributed by atoms with E-state index < -0.39 is 23.8 Å². The maximum atomic E-state index is 12.7. The molecule has 0 spiro atoms. The Labute approximate surface area is 187 Å². The molecule has 0 radical (unpaired) electrons. The van der Waals surface area contributed by atoms with Crippen molar-refractivity contribution >= 4 is 42.2 Å². The molecule has 2 amide bonds. The molecule has 0 fully saturated rings. The van der Waals surface area contributed by atoms with E-state index in [1.807, 2.05) is 19.2 Å². The molecule has 0 saturated heterocycles. The predicted octanol–water partition coefficient (Wildman–Crippen LogP) is 2.07. The number of hydrogen-bond donors (Lipinski definition) is 5.